The molecule has 0 amide bonds. The van der Waals surface area contributed by atoms with Gasteiger partial charge in [0, 0.05) is 40.5 Å². The molecular weight excluding hydrogens is 415 g/mol. The van der Waals surface area contributed by atoms with Crippen LogP contribution in [0.3, 0.4) is 0 Å². The molecule has 2 aromatic heterocycles. The minimum atomic E-state index is -0.620. The summed E-state index contributed by atoms with van der Waals surface area (Å²) in [5.74, 6) is -0.248. The first-order valence-electron chi connectivity index (χ1n) is 10.00. The number of nitriles is 1. The summed E-state index contributed by atoms with van der Waals surface area (Å²) < 4.78 is 20.5. The maximum Gasteiger partial charge on any atom is 0.217 e. The number of Topliss-reactive ketones (excluding diaryl/α,β-unsaturated/α-hetero) is 1. The smallest absolute Gasteiger partial charge is 0.217 e. The maximum absolute atomic E-state index is 14.4. The Labute approximate surface area is 183 Å². The zero-order chi connectivity index (χ0) is 22.0. The lowest BCUT2D eigenvalue weighted by Crippen LogP contribution is -2.55. The molecule has 4 rings (SSSR count). The number of aromatic nitrogens is 2. The van der Waals surface area contributed by atoms with Gasteiger partial charge in [0.2, 0.25) is 5.88 Å². The second kappa shape index (κ2) is 8.92. The molecule has 0 spiro atoms. The van der Waals surface area contributed by atoms with Gasteiger partial charge in [-0.3, -0.25) is 4.79 Å². The van der Waals surface area contributed by atoms with Crippen LogP contribution in [0.15, 0.2) is 42.0 Å². The predicted molar refractivity (Wildman–Crippen MR) is 116 cm³/mol. The number of nitrogens with zero attached hydrogens (tertiary/aromatic N) is 3. The van der Waals surface area contributed by atoms with Crippen LogP contribution in [0.5, 0.6) is 5.88 Å². The van der Waals surface area contributed by atoms with Gasteiger partial charge in [-0.2, -0.15) is 5.26 Å². The van der Waals surface area contributed by atoms with Gasteiger partial charge in [-0.25, -0.2) is 14.4 Å². The summed E-state index contributed by atoms with van der Waals surface area (Å²) in [6, 6.07) is 7.61. The number of thiazole rings is 1. The molecular formula is C23H21FN4O2S. The van der Waals surface area contributed by atoms with Gasteiger partial charge in [0.1, 0.15) is 23.0 Å². The van der Waals surface area contributed by atoms with Crippen LogP contribution in [0.25, 0.3) is 10.6 Å². The second-order valence-corrected chi connectivity index (χ2v) is 8.47. The number of ether oxygens (including phenoxy) is 1. The van der Waals surface area contributed by atoms with E-state index in [1.54, 1.807) is 30.6 Å². The van der Waals surface area contributed by atoms with Crippen molar-refractivity contribution in [3.63, 3.8) is 0 Å². The van der Waals surface area contributed by atoms with Crippen LogP contribution in [0, 0.1) is 24.1 Å². The van der Waals surface area contributed by atoms with Gasteiger partial charge in [0.25, 0.3) is 0 Å². The molecule has 1 aliphatic rings. The number of rotatable bonds is 5. The molecule has 8 heteroatoms. The largest absolute Gasteiger partial charge is 0.472 e. The third-order valence-corrected chi connectivity index (χ3v) is 6.26. The van der Waals surface area contributed by atoms with E-state index in [9.17, 15) is 14.4 Å². The van der Waals surface area contributed by atoms with Crippen molar-refractivity contribution in [1.29, 1.82) is 5.26 Å². The van der Waals surface area contributed by atoms with Gasteiger partial charge in [0.05, 0.1) is 11.6 Å². The summed E-state index contributed by atoms with van der Waals surface area (Å²) in [5.41, 5.74) is 1.82. The number of hydrogen-bond acceptors (Lipinski definition) is 7. The standard InChI is InChI=1S/C23H21FN4O2S/c1-13-3-6-19(30-22-14(2)16(12-25)7-8-26-22)20(28-13)21(29)15-4-5-18(24)17(11-15)23-27-9-10-31-23/h4-5,7-11,13,19-20,28H,3,6H2,1-2H3/t13-,19-,20?/m1/s1. The normalized spacial score (nSPS) is 20.8. The van der Waals surface area contributed by atoms with Crippen molar-refractivity contribution in [1.82, 2.24) is 15.3 Å². The first-order chi connectivity index (χ1) is 15.0. The molecule has 3 heterocycles. The van der Waals surface area contributed by atoms with Gasteiger partial charge in [0.15, 0.2) is 5.78 Å². The number of ketones is 1. The van der Waals surface area contributed by atoms with E-state index in [1.165, 1.54) is 29.7 Å². The molecule has 1 N–H and O–H groups in total. The minimum absolute atomic E-state index is 0.132. The first kappa shape index (κ1) is 21.1. The van der Waals surface area contributed by atoms with Crippen molar-refractivity contribution >= 4 is 17.1 Å². The Hall–Kier alpha value is -3.15. The number of hydrogen-bond donors (Lipinski definition) is 1. The highest BCUT2D eigenvalue weighted by atomic mass is 32.1. The fourth-order valence-electron chi connectivity index (χ4n) is 3.73. The van der Waals surface area contributed by atoms with E-state index < -0.39 is 18.0 Å². The monoisotopic (exact) mass is 436 g/mol. The van der Waals surface area contributed by atoms with E-state index in [-0.39, 0.29) is 11.8 Å². The lowest BCUT2D eigenvalue weighted by Gasteiger charge is -2.35. The number of carbonyl (C=O) groups is 1. The van der Waals surface area contributed by atoms with Gasteiger partial charge in [-0.1, -0.05) is 0 Å². The van der Waals surface area contributed by atoms with Crippen LogP contribution in [-0.4, -0.2) is 33.9 Å². The van der Waals surface area contributed by atoms with Crippen molar-refractivity contribution < 1.29 is 13.9 Å². The average molecular weight is 437 g/mol. The molecule has 0 bridgehead atoms. The van der Waals surface area contributed by atoms with Crippen LogP contribution < -0.4 is 10.1 Å². The molecule has 1 aliphatic heterocycles. The van der Waals surface area contributed by atoms with Crippen molar-refractivity contribution in [2.45, 2.75) is 44.9 Å². The van der Waals surface area contributed by atoms with E-state index in [0.717, 1.165) is 6.42 Å². The number of nitrogens with one attached hydrogen (secondary N) is 1. The summed E-state index contributed by atoms with van der Waals surface area (Å²) in [6.45, 7) is 3.79. The fraction of sp³-hybridized carbons (Fsp3) is 0.304. The number of pyridine rings is 1. The zero-order valence-corrected chi connectivity index (χ0v) is 17.9. The Morgan fingerprint density at radius 2 is 2.13 bits per heavy atom. The van der Waals surface area contributed by atoms with Gasteiger partial charge in [-0.05, 0) is 51.0 Å². The van der Waals surface area contributed by atoms with Crippen LogP contribution in [0.4, 0.5) is 4.39 Å². The minimum Gasteiger partial charge on any atom is -0.472 e. The fourth-order valence-corrected chi connectivity index (χ4v) is 4.38. The summed E-state index contributed by atoms with van der Waals surface area (Å²) in [4.78, 5) is 21.9. The first-order valence-corrected chi connectivity index (χ1v) is 10.9. The summed E-state index contributed by atoms with van der Waals surface area (Å²) in [6.07, 6.45) is 4.16. The van der Waals surface area contributed by atoms with E-state index in [0.29, 0.717) is 39.6 Å². The molecule has 3 aromatic rings. The van der Waals surface area contributed by atoms with Crippen molar-refractivity contribution in [3.8, 4) is 22.5 Å². The summed E-state index contributed by atoms with van der Waals surface area (Å²) >= 11 is 1.32. The maximum atomic E-state index is 14.4. The summed E-state index contributed by atoms with van der Waals surface area (Å²) in [5, 5.41) is 14.9. The Morgan fingerprint density at radius 1 is 1.29 bits per heavy atom. The molecule has 158 valence electrons. The van der Waals surface area contributed by atoms with Crippen molar-refractivity contribution in [3.05, 3.63) is 64.5 Å². The Bertz CT molecular complexity index is 1140. The lowest BCUT2D eigenvalue weighted by molar-refractivity contribution is 0.0672. The predicted octanol–water partition coefficient (Wildman–Crippen LogP) is 4.30. The van der Waals surface area contributed by atoms with Crippen LogP contribution in [0.1, 0.15) is 41.3 Å². The molecule has 1 aromatic carbocycles. The zero-order valence-electron chi connectivity index (χ0n) is 17.1. The number of carbonyl (C=O) groups excluding carboxylic acids is 1. The SMILES string of the molecule is Cc1c(C#N)ccnc1O[C@@H]1CC[C@@H](C)NC1C(=O)c1ccc(F)c(-c2nccs2)c1. The quantitative estimate of drug-likeness (QED) is 0.600. The highest BCUT2D eigenvalue weighted by Gasteiger charge is 2.36. The molecule has 3 atom stereocenters. The molecule has 31 heavy (non-hydrogen) atoms. The topological polar surface area (TPSA) is 87.9 Å². The molecule has 0 radical (unpaired) electrons. The Morgan fingerprint density at radius 3 is 2.87 bits per heavy atom. The lowest BCUT2D eigenvalue weighted by atomic mass is 9.90. The van der Waals surface area contributed by atoms with E-state index in [2.05, 4.69) is 21.4 Å². The molecule has 0 aliphatic carbocycles. The van der Waals surface area contributed by atoms with Crippen LogP contribution >= 0.6 is 11.3 Å². The molecule has 6 nitrogen and oxygen atoms in total. The van der Waals surface area contributed by atoms with Crippen LogP contribution in [-0.2, 0) is 0 Å². The van der Waals surface area contributed by atoms with Crippen molar-refractivity contribution in [2.24, 2.45) is 0 Å². The molecule has 1 fully saturated rings. The molecule has 1 saturated heterocycles. The Kier molecular flexibility index (Phi) is 6.07. The van der Waals surface area contributed by atoms with Crippen molar-refractivity contribution in [2.75, 3.05) is 0 Å². The average Bonchev–Trinajstić information content (AvgIpc) is 3.31. The van der Waals surface area contributed by atoms with E-state index in [4.69, 9.17) is 4.74 Å². The third-order valence-electron chi connectivity index (χ3n) is 5.46. The molecule has 0 saturated carbocycles. The van der Waals surface area contributed by atoms with E-state index >= 15 is 0 Å². The third kappa shape index (κ3) is 4.33. The van der Waals surface area contributed by atoms with Gasteiger partial charge in [-0.15, -0.1) is 11.3 Å². The number of halogens is 1. The summed E-state index contributed by atoms with van der Waals surface area (Å²) in [7, 11) is 0. The van der Waals surface area contributed by atoms with E-state index in [1.807, 2.05) is 6.92 Å². The Balaban J connectivity index is 1.64. The number of piperidine rings is 1. The highest BCUT2D eigenvalue weighted by molar-refractivity contribution is 7.13. The van der Waals surface area contributed by atoms with Gasteiger partial charge < -0.3 is 10.1 Å². The highest BCUT2D eigenvalue weighted by Crippen LogP contribution is 2.29. The number of benzene rings is 1. The molecule has 1 unspecified atom stereocenters. The second-order valence-electron chi connectivity index (χ2n) is 7.58. The van der Waals surface area contributed by atoms with Gasteiger partial charge >= 0.3 is 0 Å². The van der Waals surface area contributed by atoms with Crippen LogP contribution in [0.2, 0.25) is 0 Å².